The largest absolute Gasteiger partial charge is 0.374 e. The maximum atomic E-state index is 5.40. The molecule has 3 heteroatoms. The summed E-state index contributed by atoms with van der Waals surface area (Å²) in [6, 6.07) is 3.83. The third kappa shape index (κ3) is 3.24. The molecule has 1 aromatic rings. The molecule has 2 nitrogen and oxygen atoms in total. The van der Waals surface area contributed by atoms with Crippen LogP contribution in [0.3, 0.4) is 0 Å². The molecule has 0 N–H and O–H groups in total. The molecule has 1 rings (SSSR count). The Kier molecular flexibility index (Phi) is 3.56. The molecule has 0 atom stereocenters. The minimum absolute atomic E-state index is 0.265. The Morgan fingerprint density at radius 1 is 1.50 bits per heavy atom. The normalized spacial score (nSPS) is 10.7. The lowest BCUT2D eigenvalue weighted by Gasteiger charge is -2.06. The van der Waals surface area contributed by atoms with Crippen molar-refractivity contribution in [1.29, 1.82) is 0 Å². The molecule has 0 saturated carbocycles. The monoisotopic (exact) mass is 183 g/mol. The van der Waals surface area contributed by atoms with Gasteiger partial charge in [0.05, 0.1) is 17.7 Å². The lowest BCUT2D eigenvalue weighted by Crippen LogP contribution is -2.02. The second-order valence-electron chi connectivity index (χ2n) is 2.88. The number of hydrogen-bond acceptors (Lipinski definition) is 3. The topological polar surface area (TPSA) is 22.1 Å². The van der Waals surface area contributed by atoms with E-state index in [0.29, 0.717) is 6.61 Å². The Morgan fingerprint density at radius 2 is 2.25 bits per heavy atom. The summed E-state index contributed by atoms with van der Waals surface area (Å²) in [6.07, 6.45) is 2.05. The second kappa shape index (κ2) is 4.48. The van der Waals surface area contributed by atoms with E-state index in [1.807, 2.05) is 26.0 Å². The van der Waals surface area contributed by atoms with Gasteiger partial charge in [0, 0.05) is 6.20 Å². The lowest BCUT2D eigenvalue weighted by atomic mass is 10.3. The van der Waals surface area contributed by atoms with Crippen LogP contribution in [0.15, 0.2) is 23.4 Å². The summed E-state index contributed by atoms with van der Waals surface area (Å²) in [5, 5.41) is 0.739. The van der Waals surface area contributed by atoms with Gasteiger partial charge in [-0.3, -0.25) is 0 Å². The SMILES string of the molecule is CC(C)OCc1ccc(S)nc1. The van der Waals surface area contributed by atoms with Gasteiger partial charge >= 0.3 is 0 Å². The van der Waals surface area contributed by atoms with Crippen molar-refractivity contribution in [1.82, 2.24) is 4.98 Å². The highest BCUT2D eigenvalue weighted by Crippen LogP contribution is 2.05. The standard InChI is InChI=1S/C9H13NOS/c1-7(2)11-6-8-3-4-9(12)10-5-8/h3-5,7H,6H2,1-2H3,(H,10,12). The minimum atomic E-state index is 0.265. The van der Waals surface area contributed by atoms with E-state index < -0.39 is 0 Å². The van der Waals surface area contributed by atoms with Gasteiger partial charge < -0.3 is 4.74 Å². The van der Waals surface area contributed by atoms with E-state index in [0.717, 1.165) is 10.6 Å². The molecule has 12 heavy (non-hydrogen) atoms. The zero-order chi connectivity index (χ0) is 8.97. The van der Waals surface area contributed by atoms with E-state index >= 15 is 0 Å². The smallest absolute Gasteiger partial charge is 0.0929 e. The van der Waals surface area contributed by atoms with Crippen LogP contribution in [0.1, 0.15) is 19.4 Å². The molecule has 0 aliphatic heterocycles. The molecule has 0 aliphatic carbocycles. The molecule has 1 heterocycles. The highest BCUT2D eigenvalue weighted by atomic mass is 32.1. The minimum Gasteiger partial charge on any atom is -0.374 e. The second-order valence-corrected chi connectivity index (χ2v) is 3.34. The zero-order valence-electron chi connectivity index (χ0n) is 7.32. The van der Waals surface area contributed by atoms with Crippen LogP contribution in [0.4, 0.5) is 0 Å². The summed E-state index contributed by atoms with van der Waals surface area (Å²) in [6.45, 7) is 4.65. The number of ether oxygens (including phenoxy) is 1. The van der Waals surface area contributed by atoms with E-state index in [4.69, 9.17) is 4.74 Å². The molecule has 0 radical (unpaired) electrons. The summed E-state index contributed by atoms with van der Waals surface area (Å²) in [4.78, 5) is 4.04. The van der Waals surface area contributed by atoms with Crippen LogP contribution < -0.4 is 0 Å². The molecular weight excluding hydrogens is 170 g/mol. The van der Waals surface area contributed by atoms with Crippen LogP contribution in [0, 0.1) is 0 Å². The molecule has 0 aliphatic rings. The summed E-state index contributed by atoms with van der Waals surface area (Å²) >= 11 is 4.09. The van der Waals surface area contributed by atoms with E-state index in [2.05, 4.69) is 17.6 Å². The average Bonchev–Trinajstić information content (AvgIpc) is 2.03. The first-order chi connectivity index (χ1) is 5.68. The van der Waals surface area contributed by atoms with Gasteiger partial charge in [-0.1, -0.05) is 6.07 Å². The molecule has 0 bridgehead atoms. The Balaban J connectivity index is 2.48. The molecule has 0 unspecified atom stereocenters. The number of aromatic nitrogens is 1. The van der Waals surface area contributed by atoms with E-state index in [-0.39, 0.29) is 6.10 Å². The zero-order valence-corrected chi connectivity index (χ0v) is 8.21. The van der Waals surface area contributed by atoms with Crippen molar-refractivity contribution in [2.24, 2.45) is 0 Å². The third-order valence-corrected chi connectivity index (χ3v) is 1.66. The first kappa shape index (κ1) is 9.55. The lowest BCUT2D eigenvalue weighted by molar-refractivity contribution is 0.0655. The molecule has 0 saturated heterocycles. The van der Waals surface area contributed by atoms with Crippen LogP contribution in [0.25, 0.3) is 0 Å². The molecule has 66 valence electrons. The van der Waals surface area contributed by atoms with Crippen molar-refractivity contribution in [3.05, 3.63) is 23.9 Å². The highest BCUT2D eigenvalue weighted by molar-refractivity contribution is 7.80. The molecule has 1 aromatic heterocycles. The number of pyridine rings is 1. The van der Waals surface area contributed by atoms with Crippen molar-refractivity contribution < 1.29 is 4.74 Å². The summed E-state index contributed by atoms with van der Waals surface area (Å²) in [5.74, 6) is 0. The summed E-state index contributed by atoms with van der Waals surface area (Å²) in [7, 11) is 0. The molecule has 0 fully saturated rings. The molecule has 0 spiro atoms. The van der Waals surface area contributed by atoms with Gasteiger partial charge in [-0.05, 0) is 25.5 Å². The molecule has 0 aromatic carbocycles. The van der Waals surface area contributed by atoms with Gasteiger partial charge in [0.15, 0.2) is 0 Å². The van der Waals surface area contributed by atoms with Gasteiger partial charge in [0.2, 0.25) is 0 Å². The Labute approximate surface area is 78.4 Å². The van der Waals surface area contributed by atoms with Crippen molar-refractivity contribution in [3.63, 3.8) is 0 Å². The van der Waals surface area contributed by atoms with Crippen LogP contribution in [-0.2, 0) is 11.3 Å². The number of rotatable bonds is 3. The fourth-order valence-electron chi connectivity index (χ4n) is 0.765. The van der Waals surface area contributed by atoms with Crippen molar-refractivity contribution in [3.8, 4) is 0 Å². The van der Waals surface area contributed by atoms with Crippen molar-refractivity contribution >= 4 is 12.6 Å². The fourth-order valence-corrected chi connectivity index (χ4v) is 0.897. The van der Waals surface area contributed by atoms with Gasteiger partial charge in [0.25, 0.3) is 0 Å². The van der Waals surface area contributed by atoms with Gasteiger partial charge in [-0.15, -0.1) is 12.6 Å². The first-order valence-electron chi connectivity index (χ1n) is 3.94. The summed E-state index contributed by atoms with van der Waals surface area (Å²) in [5.41, 5.74) is 1.08. The van der Waals surface area contributed by atoms with Crippen LogP contribution in [0.5, 0.6) is 0 Å². The highest BCUT2D eigenvalue weighted by Gasteiger charge is 1.95. The number of nitrogens with zero attached hydrogens (tertiary/aromatic N) is 1. The van der Waals surface area contributed by atoms with E-state index in [9.17, 15) is 0 Å². The predicted octanol–water partition coefficient (Wildman–Crippen LogP) is 2.30. The maximum Gasteiger partial charge on any atom is 0.0929 e. The number of hydrogen-bond donors (Lipinski definition) is 1. The summed E-state index contributed by atoms with van der Waals surface area (Å²) < 4.78 is 5.40. The van der Waals surface area contributed by atoms with E-state index in [1.54, 1.807) is 6.20 Å². The Morgan fingerprint density at radius 3 is 2.75 bits per heavy atom. The first-order valence-corrected chi connectivity index (χ1v) is 4.38. The Hall–Kier alpha value is -0.540. The molecular formula is C9H13NOS. The van der Waals surface area contributed by atoms with Crippen LogP contribution >= 0.6 is 12.6 Å². The van der Waals surface area contributed by atoms with Gasteiger partial charge in [-0.2, -0.15) is 0 Å². The third-order valence-electron chi connectivity index (χ3n) is 1.39. The molecule has 0 amide bonds. The Bertz CT molecular complexity index is 233. The van der Waals surface area contributed by atoms with Gasteiger partial charge in [0.1, 0.15) is 0 Å². The number of thiol groups is 1. The van der Waals surface area contributed by atoms with Crippen LogP contribution in [0.2, 0.25) is 0 Å². The van der Waals surface area contributed by atoms with Gasteiger partial charge in [-0.25, -0.2) is 4.98 Å². The van der Waals surface area contributed by atoms with Crippen molar-refractivity contribution in [2.75, 3.05) is 0 Å². The fraction of sp³-hybridized carbons (Fsp3) is 0.444. The van der Waals surface area contributed by atoms with Crippen LogP contribution in [-0.4, -0.2) is 11.1 Å². The van der Waals surface area contributed by atoms with Crippen molar-refractivity contribution in [2.45, 2.75) is 31.6 Å². The van der Waals surface area contributed by atoms with E-state index in [1.165, 1.54) is 0 Å². The average molecular weight is 183 g/mol. The maximum absolute atomic E-state index is 5.40. The predicted molar refractivity (Wildman–Crippen MR) is 51.4 cm³/mol. The quantitative estimate of drug-likeness (QED) is 0.726.